The Kier molecular flexibility index (Phi) is 3.43. The maximum absolute atomic E-state index is 11.9. The molecule has 6 nitrogen and oxygen atoms in total. The fraction of sp³-hybridized carbons (Fsp3) is 0.267. The number of rotatable bonds is 3. The first-order valence-electron chi connectivity index (χ1n) is 6.78. The van der Waals surface area contributed by atoms with Gasteiger partial charge in [-0.05, 0) is 37.6 Å². The summed E-state index contributed by atoms with van der Waals surface area (Å²) in [5, 5.41) is 6.40. The molecule has 1 N–H and O–H groups in total. The number of carbonyl (C=O) groups is 2. The lowest BCUT2D eigenvalue weighted by molar-refractivity contribution is -0.117. The lowest BCUT2D eigenvalue weighted by Crippen LogP contribution is -2.23. The van der Waals surface area contributed by atoms with Gasteiger partial charge in [-0.25, -0.2) is 0 Å². The average Bonchev–Trinajstić information content (AvgIpc) is 3.08. The fourth-order valence-corrected chi connectivity index (χ4v) is 2.31. The third kappa shape index (κ3) is 2.79. The molecule has 0 atom stereocenters. The monoisotopic (exact) mass is 285 g/mol. The van der Waals surface area contributed by atoms with Gasteiger partial charge < -0.3 is 14.7 Å². The van der Waals surface area contributed by atoms with Gasteiger partial charge in [0.05, 0.1) is 0 Å². The van der Waals surface area contributed by atoms with E-state index in [1.807, 2.05) is 12.1 Å². The van der Waals surface area contributed by atoms with Crippen molar-refractivity contribution in [3.8, 4) is 0 Å². The van der Waals surface area contributed by atoms with Gasteiger partial charge in [0, 0.05) is 30.4 Å². The molecule has 1 saturated heterocycles. The van der Waals surface area contributed by atoms with Crippen molar-refractivity contribution in [2.75, 3.05) is 16.8 Å². The number of carbonyl (C=O) groups excluding carboxylic acids is 2. The number of hydrogen-bond donors (Lipinski definition) is 1. The van der Waals surface area contributed by atoms with Crippen molar-refractivity contribution < 1.29 is 14.1 Å². The topological polar surface area (TPSA) is 75.4 Å². The molecule has 0 saturated carbocycles. The number of amides is 2. The zero-order valence-corrected chi connectivity index (χ0v) is 11.6. The highest BCUT2D eigenvalue weighted by atomic mass is 16.5. The van der Waals surface area contributed by atoms with Crippen molar-refractivity contribution in [2.45, 2.75) is 19.8 Å². The van der Waals surface area contributed by atoms with Crippen LogP contribution in [0.25, 0.3) is 0 Å². The molecule has 0 spiro atoms. The van der Waals surface area contributed by atoms with E-state index in [1.54, 1.807) is 30.0 Å². The Balaban J connectivity index is 1.69. The molecule has 1 aromatic carbocycles. The van der Waals surface area contributed by atoms with E-state index in [2.05, 4.69) is 10.5 Å². The minimum atomic E-state index is -0.322. The maximum atomic E-state index is 11.9. The molecule has 2 amide bonds. The molecule has 1 aromatic heterocycles. The van der Waals surface area contributed by atoms with Crippen LogP contribution in [0.1, 0.15) is 29.1 Å². The third-order valence-electron chi connectivity index (χ3n) is 3.37. The highest BCUT2D eigenvalue weighted by Gasteiger charge is 2.21. The van der Waals surface area contributed by atoms with Crippen LogP contribution in [0.3, 0.4) is 0 Å². The normalized spacial score (nSPS) is 14.5. The van der Waals surface area contributed by atoms with Gasteiger partial charge in [-0.15, -0.1) is 0 Å². The van der Waals surface area contributed by atoms with Gasteiger partial charge in [-0.2, -0.15) is 0 Å². The van der Waals surface area contributed by atoms with E-state index in [0.717, 1.165) is 18.7 Å². The van der Waals surface area contributed by atoms with Crippen molar-refractivity contribution in [1.29, 1.82) is 0 Å². The summed E-state index contributed by atoms with van der Waals surface area (Å²) in [4.78, 5) is 25.3. The standard InChI is InChI=1S/C15H15N3O3/c1-10-9-13(17-21-10)15(20)16-11-4-6-12(7-5-11)18-8-2-3-14(18)19/h4-7,9H,2-3,8H2,1H3,(H,16,20). The van der Waals surface area contributed by atoms with E-state index < -0.39 is 0 Å². The second-order valence-electron chi connectivity index (χ2n) is 4.97. The summed E-state index contributed by atoms with van der Waals surface area (Å²) in [6.45, 7) is 2.48. The Morgan fingerprint density at radius 2 is 2.10 bits per heavy atom. The zero-order valence-electron chi connectivity index (χ0n) is 11.6. The van der Waals surface area contributed by atoms with E-state index in [-0.39, 0.29) is 17.5 Å². The number of nitrogens with zero attached hydrogens (tertiary/aromatic N) is 2. The summed E-state index contributed by atoms with van der Waals surface area (Å²) in [7, 11) is 0. The van der Waals surface area contributed by atoms with Crippen LogP contribution in [0, 0.1) is 6.92 Å². The molecular formula is C15H15N3O3. The number of aryl methyl sites for hydroxylation is 1. The van der Waals surface area contributed by atoms with E-state index in [0.29, 0.717) is 17.9 Å². The van der Waals surface area contributed by atoms with Crippen LogP contribution < -0.4 is 10.2 Å². The van der Waals surface area contributed by atoms with Gasteiger partial charge in [-0.3, -0.25) is 9.59 Å². The first-order chi connectivity index (χ1) is 10.1. The number of hydrogen-bond acceptors (Lipinski definition) is 4. The molecule has 21 heavy (non-hydrogen) atoms. The van der Waals surface area contributed by atoms with Crippen molar-refractivity contribution in [3.05, 3.63) is 41.8 Å². The lowest BCUT2D eigenvalue weighted by atomic mass is 10.2. The molecule has 0 radical (unpaired) electrons. The number of benzene rings is 1. The van der Waals surface area contributed by atoms with Crippen LogP contribution in [0.2, 0.25) is 0 Å². The SMILES string of the molecule is Cc1cc(C(=O)Nc2ccc(N3CCCC3=O)cc2)no1. The summed E-state index contributed by atoms with van der Waals surface area (Å²) in [6.07, 6.45) is 1.49. The fourth-order valence-electron chi connectivity index (χ4n) is 2.31. The molecule has 2 aromatic rings. The van der Waals surface area contributed by atoms with Gasteiger partial charge in [-0.1, -0.05) is 5.16 Å². The number of aromatic nitrogens is 1. The van der Waals surface area contributed by atoms with Gasteiger partial charge in [0.15, 0.2) is 5.69 Å². The Hall–Kier alpha value is -2.63. The zero-order chi connectivity index (χ0) is 14.8. The van der Waals surface area contributed by atoms with Crippen LogP contribution in [0.15, 0.2) is 34.9 Å². The van der Waals surface area contributed by atoms with E-state index in [4.69, 9.17) is 4.52 Å². The maximum Gasteiger partial charge on any atom is 0.277 e. The van der Waals surface area contributed by atoms with Gasteiger partial charge in [0.2, 0.25) is 5.91 Å². The van der Waals surface area contributed by atoms with Crippen LogP contribution in [-0.4, -0.2) is 23.5 Å². The van der Waals surface area contributed by atoms with Crippen LogP contribution in [0.5, 0.6) is 0 Å². The molecule has 0 unspecified atom stereocenters. The second kappa shape index (κ2) is 5.40. The molecule has 0 aliphatic carbocycles. The Labute approximate surface area is 121 Å². The van der Waals surface area contributed by atoms with Crippen molar-refractivity contribution >= 4 is 23.2 Å². The summed E-state index contributed by atoms with van der Waals surface area (Å²) in [5.74, 6) is 0.407. The molecule has 1 fully saturated rings. The molecule has 1 aliphatic rings. The average molecular weight is 285 g/mol. The van der Waals surface area contributed by atoms with Crippen molar-refractivity contribution in [3.63, 3.8) is 0 Å². The highest BCUT2D eigenvalue weighted by molar-refractivity contribution is 6.03. The molecular weight excluding hydrogens is 270 g/mol. The Morgan fingerprint density at radius 3 is 2.67 bits per heavy atom. The van der Waals surface area contributed by atoms with E-state index >= 15 is 0 Å². The van der Waals surface area contributed by atoms with Crippen molar-refractivity contribution in [1.82, 2.24) is 5.16 Å². The Morgan fingerprint density at radius 1 is 1.33 bits per heavy atom. The van der Waals surface area contributed by atoms with Crippen LogP contribution in [-0.2, 0) is 4.79 Å². The minimum absolute atomic E-state index is 0.143. The minimum Gasteiger partial charge on any atom is -0.361 e. The highest BCUT2D eigenvalue weighted by Crippen LogP contribution is 2.23. The molecule has 1 aliphatic heterocycles. The van der Waals surface area contributed by atoms with Crippen LogP contribution in [0.4, 0.5) is 11.4 Å². The molecule has 108 valence electrons. The summed E-state index contributed by atoms with van der Waals surface area (Å²) in [5.41, 5.74) is 1.75. The molecule has 0 bridgehead atoms. The number of anilines is 2. The smallest absolute Gasteiger partial charge is 0.277 e. The van der Waals surface area contributed by atoms with Gasteiger partial charge in [0.25, 0.3) is 5.91 Å². The largest absolute Gasteiger partial charge is 0.361 e. The summed E-state index contributed by atoms with van der Waals surface area (Å²) in [6, 6.07) is 8.77. The third-order valence-corrected chi connectivity index (χ3v) is 3.37. The first kappa shape index (κ1) is 13.4. The summed E-state index contributed by atoms with van der Waals surface area (Å²) >= 11 is 0. The van der Waals surface area contributed by atoms with Gasteiger partial charge in [0.1, 0.15) is 5.76 Å². The second-order valence-corrected chi connectivity index (χ2v) is 4.97. The molecule has 2 heterocycles. The Bertz CT molecular complexity index is 676. The number of nitrogens with one attached hydrogen (secondary N) is 1. The predicted octanol–water partition coefficient (Wildman–Crippen LogP) is 2.36. The van der Waals surface area contributed by atoms with E-state index in [1.165, 1.54) is 0 Å². The first-order valence-corrected chi connectivity index (χ1v) is 6.78. The van der Waals surface area contributed by atoms with Crippen LogP contribution >= 0.6 is 0 Å². The van der Waals surface area contributed by atoms with E-state index in [9.17, 15) is 9.59 Å². The molecule has 6 heteroatoms. The predicted molar refractivity (Wildman–Crippen MR) is 77.2 cm³/mol. The molecule has 3 rings (SSSR count). The van der Waals surface area contributed by atoms with Crippen molar-refractivity contribution in [2.24, 2.45) is 0 Å². The summed E-state index contributed by atoms with van der Waals surface area (Å²) < 4.78 is 4.87. The lowest BCUT2D eigenvalue weighted by Gasteiger charge is -2.15. The quantitative estimate of drug-likeness (QED) is 0.939. The van der Waals surface area contributed by atoms with Gasteiger partial charge >= 0.3 is 0 Å².